The molecule has 0 spiro atoms. The molecular formula is C18H23N3O2S. The minimum Gasteiger partial charge on any atom is -0.377 e. The molecule has 1 N–H and O–H groups in total. The molecular weight excluding hydrogens is 322 g/mol. The highest BCUT2D eigenvalue weighted by atomic mass is 32.2. The fourth-order valence-electron chi connectivity index (χ4n) is 2.11. The van der Waals surface area contributed by atoms with Crippen LogP contribution in [-0.2, 0) is 16.1 Å². The van der Waals surface area contributed by atoms with Crippen LogP contribution in [0.4, 0.5) is 0 Å². The SMILES string of the molecule is Cc1cc(C)nc(SCC(=O)NCCCOCc2ccccc2)n1. The summed E-state index contributed by atoms with van der Waals surface area (Å²) in [5.41, 5.74) is 2.99. The Morgan fingerprint density at radius 2 is 1.88 bits per heavy atom. The van der Waals surface area contributed by atoms with Crippen LogP contribution < -0.4 is 5.32 Å². The second-order valence-electron chi connectivity index (χ2n) is 5.46. The fraction of sp³-hybridized carbons (Fsp3) is 0.389. The van der Waals surface area contributed by atoms with Crippen molar-refractivity contribution in [3.05, 3.63) is 53.3 Å². The van der Waals surface area contributed by atoms with Gasteiger partial charge in [-0.05, 0) is 31.9 Å². The van der Waals surface area contributed by atoms with E-state index < -0.39 is 0 Å². The third kappa shape index (κ3) is 7.10. The van der Waals surface area contributed by atoms with E-state index in [0.717, 1.165) is 23.4 Å². The molecule has 6 heteroatoms. The van der Waals surface area contributed by atoms with Crippen molar-refractivity contribution in [3.63, 3.8) is 0 Å². The normalized spacial score (nSPS) is 10.6. The topological polar surface area (TPSA) is 64.1 Å². The maximum Gasteiger partial charge on any atom is 0.230 e. The van der Waals surface area contributed by atoms with Gasteiger partial charge in [0, 0.05) is 24.5 Å². The summed E-state index contributed by atoms with van der Waals surface area (Å²) in [7, 11) is 0. The van der Waals surface area contributed by atoms with Crippen molar-refractivity contribution in [1.82, 2.24) is 15.3 Å². The second-order valence-corrected chi connectivity index (χ2v) is 6.41. The van der Waals surface area contributed by atoms with Crippen LogP contribution in [0.25, 0.3) is 0 Å². The highest BCUT2D eigenvalue weighted by Crippen LogP contribution is 2.13. The van der Waals surface area contributed by atoms with E-state index >= 15 is 0 Å². The third-order valence-corrected chi connectivity index (χ3v) is 4.04. The number of nitrogens with one attached hydrogen (secondary N) is 1. The molecule has 0 aliphatic carbocycles. The van der Waals surface area contributed by atoms with Crippen LogP contribution in [0, 0.1) is 13.8 Å². The van der Waals surface area contributed by atoms with Crippen LogP contribution in [0.2, 0.25) is 0 Å². The molecule has 0 bridgehead atoms. The largest absolute Gasteiger partial charge is 0.377 e. The van der Waals surface area contributed by atoms with Gasteiger partial charge < -0.3 is 10.1 Å². The van der Waals surface area contributed by atoms with E-state index in [-0.39, 0.29) is 5.91 Å². The first-order valence-electron chi connectivity index (χ1n) is 7.97. The van der Waals surface area contributed by atoms with Crippen molar-refractivity contribution in [2.75, 3.05) is 18.9 Å². The Morgan fingerprint density at radius 3 is 2.58 bits per heavy atom. The van der Waals surface area contributed by atoms with Gasteiger partial charge in [0.2, 0.25) is 5.91 Å². The molecule has 0 unspecified atom stereocenters. The Balaban J connectivity index is 1.55. The smallest absolute Gasteiger partial charge is 0.230 e. The van der Waals surface area contributed by atoms with Gasteiger partial charge in [0.1, 0.15) is 0 Å². The number of carbonyl (C=O) groups excluding carboxylic acids is 1. The average Bonchev–Trinajstić information content (AvgIpc) is 2.56. The minimum absolute atomic E-state index is 0.00850. The van der Waals surface area contributed by atoms with E-state index in [1.54, 1.807) is 0 Å². The lowest BCUT2D eigenvalue weighted by Gasteiger charge is -2.06. The summed E-state index contributed by atoms with van der Waals surface area (Å²) in [6.45, 7) is 5.70. The summed E-state index contributed by atoms with van der Waals surface area (Å²) in [5, 5.41) is 3.53. The molecule has 0 fully saturated rings. The predicted octanol–water partition coefficient (Wildman–Crippen LogP) is 2.91. The summed E-state index contributed by atoms with van der Waals surface area (Å²) in [5.74, 6) is 0.319. The molecule has 0 atom stereocenters. The van der Waals surface area contributed by atoms with Crippen molar-refractivity contribution < 1.29 is 9.53 Å². The first-order valence-corrected chi connectivity index (χ1v) is 8.95. The number of ether oxygens (including phenoxy) is 1. The summed E-state index contributed by atoms with van der Waals surface area (Å²) >= 11 is 1.36. The van der Waals surface area contributed by atoms with Crippen molar-refractivity contribution in [2.45, 2.75) is 32.0 Å². The monoisotopic (exact) mass is 345 g/mol. The predicted molar refractivity (Wildman–Crippen MR) is 96.0 cm³/mol. The van der Waals surface area contributed by atoms with E-state index in [1.165, 1.54) is 11.8 Å². The lowest BCUT2D eigenvalue weighted by Crippen LogP contribution is -2.27. The summed E-state index contributed by atoms with van der Waals surface area (Å²) in [6, 6.07) is 12.0. The van der Waals surface area contributed by atoms with Gasteiger partial charge in [-0.1, -0.05) is 42.1 Å². The minimum atomic E-state index is -0.00850. The molecule has 1 aromatic carbocycles. The van der Waals surface area contributed by atoms with Crippen molar-refractivity contribution >= 4 is 17.7 Å². The average molecular weight is 345 g/mol. The van der Waals surface area contributed by atoms with Crippen molar-refractivity contribution in [3.8, 4) is 0 Å². The number of hydrogen-bond acceptors (Lipinski definition) is 5. The number of benzene rings is 1. The maximum absolute atomic E-state index is 11.8. The quantitative estimate of drug-likeness (QED) is 0.430. The van der Waals surface area contributed by atoms with E-state index in [4.69, 9.17) is 4.74 Å². The van der Waals surface area contributed by atoms with Gasteiger partial charge in [0.15, 0.2) is 5.16 Å². The first-order chi connectivity index (χ1) is 11.6. The number of thioether (sulfide) groups is 1. The Hall–Kier alpha value is -1.92. The van der Waals surface area contributed by atoms with Crippen LogP contribution in [-0.4, -0.2) is 34.8 Å². The molecule has 0 aliphatic rings. The molecule has 128 valence electrons. The molecule has 1 aromatic heterocycles. The van der Waals surface area contributed by atoms with Crippen molar-refractivity contribution in [1.29, 1.82) is 0 Å². The maximum atomic E-state index is 11.8. The van der Waals surface area contributed by atoms with Crippen LogP contribution in [0.15, 0.2) is 41.6 Å². The van der Waals surface area contributed by atoms with E-state index in [1.807, 2.05) is 50.2 Å². The zero-order valence-electron chi connectivity index (χ0n) is 14.1. The van der Waals surface area contributed by atoms with Gasteiger partial charge in [-0.3, -0.25) is 4.79 Å². The molecule has 1 amide bonds. The second kappa shape index (κ2) is 10.1. The zero-order chi connectivity index (χ0) is 17.2. The van der Waals surface area contributed by atoms with Crippen LogP contribution in [0.3, 0.4) is 0 Å². The molecule has 24 heavy (non-hydrogen) atoms. The number of aromatic nitrogens is 2. The molecule has 0 saturated heterocycles. The van der Waals surface area contributed by atoms with Gasteiger partial charge in [0.05, 0.1) is 12.4 Å². The molecule has 0 saturated carbocycles. The van der Waals surface area contributed by atoms with Crippen LogP contribution in [0.5, 0.6) is 0 Å². The number of aryl methyl sites for hydroxylation is 2. The Labute approximate surface area is 147 Å². The molecule has 1 heterocycles. The number of amides is 1. The van der Waals surface area contributed by atoms with Crippen LogP contribution in [0.1, 0.15) is 23.4 Å². The standard InChI is InChI=1S/C18H23N3O2S/c1-14-11-15(2)21-18(20-14)24-13-17(22)19-9-6-10-23-12-16-7-4-3-5-8-16/h3-5,7-8,11H,6,9-10,12-13H2,1-2H3,(H,19,22). The number of nitrogens with zero attached hydrogens (tertiary/aromatic N) is 2. The van der Waals surface area contributed by atoms with Gasteiger partial charge in [0.25, 0.3) is 0 Å². The number of rotatable bonds is 9. The molecule has 2 rings (SSSR count). The Bertz CT molecular complexity index is 630. The third-order valence-electron chi connectivity index (χ3n) is 3.19. The van der Waals surface area contributed by atoms with E-state index in [2.05, 4.69) is 15.3 Å². The van der Waals surface area contributed by atoms with Gasteiger partial charge in [-0.15, -0.1) is 0 Å². The highest BCUT2D eigenvalue weighted by molar-refractivity contribution is 7.99. The van der Waals surface area contributed by atoms with Crippen molar-refractivity contribution in [2.24, 2.45) is 0 Å². The Morgan fingerprint density at radius 1 is 1.17 bits per heavy atom. The van der Waals surface area contributed by atoms with Gasteiger partial charge in [-0.2, -0.15) is 0 Å². The lowest BCUT2D eigenvalue weighted by atomic mass is 10.2. The lowest BCUT2D eigenvalue weighted by molar-refractivity contribution is -0.118. The van der Waals surface area contributed by atoms with Gasteiger partial charge >= 0.3 is 0 Å². The summed E-state index contributed by atoms with van der Waals surface area (Å²) in [4.78, 5) is 20.4. The first kappa shape index (κ1) is 18.4. The van der Waals surface area contributed by atoms with E-state index in [0.29, 0.717) is 30.7 Å². The number of hydrogen-bond donors (Lipinski definition) is 1. The fourth-order valence-corrected chi connectivity index (χ4v) is 2.88. The zero-order valence-corrected chi connectivity index (χ0v) is 14.9. The molecule has 0 aliphatic heterocycles. The van der Waals surface area contributed by atoms with Crippen LogP contribution >= 0.6 is 11.8 Å². The summed E-state index contributed by atoms with van der Waals surface area (Å²) in [6.07, 6.45) is 0.795. The molecule has 0 radical (unpaired) electrons. The molecule has 5 nitrogen and oxygen atoms in total. The van der Waals surface area contributed by atoms with E-state index in [9.17, 15) is 4.79 Å². The summed E-state index contributed by atoms with van der Waals surface area (Å²) < 4.78 is 5.58. The Kier molecular flexibility index (Phi) is 7.71. The highest BCUT2D eigenvalue weighted by Gasteiger charge is 2.05. The number of carbonyl (C=O) groups is 1. The van der Waals surface area contributed by atoms with Gasteiger partial charge in [-0.25, -0.2) is 9.97 Å². The molecule has 2 aromatic rings.